The molecule has 228 valence electrons. The lowest BCUT2D eigenvalue weighted by Crippen LogP contribution is -2.34. The quantitative estimate of drug-likeness (QED) is 0.0837. The van der Waals surface area contributed by atoms with Gasteiger partial charge in [-0.05, 0) is 19.4 Å². The summed E-state index contributed by atoms with van der Waals surface area (Å²) in [5, 5.41) is 18.4. The number of imidazole rings is 1. The molecule has 3 aromatic rings. The van der Waals surface area contributed by atoms with Crippen molar-refractivity contribution in [2.24, 2.45) is 0 Å². The minimum atomic E-state index is -3.56. The first kappa shape index (κ1) is 33.8. The molecule has 0 saturated carbocycles. The number of fused-ring (bicyclic) bond motifs is 1. The number of methoxy groups -OCH3 is 1. The molecule has 16 nitrogen and oxygen atoms in total. The van der Waals surface area contributed by atoms with Gasteiger partial charge < -0.3 is 39.2 Å². The molecule has 0 aliphatic rings. The van der Waals surface area contributed by atoms with Crippen LogP contribution >= 0.6 is 7.52 Å². The Balaban J connectivity index is 0.000000675. The summed E-state index contributed by atoms with van der Waals surface area (Å²) in [5.74, 6) is -2.71. The van der Waals surface area contributed by atoms with Crippen molar-refractivity contribution in [3.63, 3.8) is 0 Å². The van der Waals surface area contributed by atoms with E-state index in [2.05, 4.69) is 20.0 Å². The molecular weight excluding hydrogens is 575 g/mol. The van der Waals surface area contributed by atoms with Crippen LogP contribution in [-0.4, -0.2) is 80.4 Å². The number of nitrogen functional groups attached to an aromatic ring is 1. The number of hydrogen-bond acceptors (Lipinski definition) is 12. The zero-order valence-electron chi connectivity index (χ0n) is 23.2. The zero-order chi connectivity index (χ0) is 31.1. The molecule has 0 fully saturated rings. The van der Waals surface area contributed by atoms with Gasteiger partial charge in [-0.1, -0.05) is 30.3 Å². The van der Waals surface area contributed by atoms with Crippen LogP contribution in [0.25, 0.3) is 11.2 Å². The van der Waals surface area contributed by atoms with E-state index in [1.54, 1.807) is 24.7 Å². The van der Waals surface area contributed by atoms with E-state index in [9.17, 15) is 18.9 Å². The molecule has 0 saturated heterocycles. The van der Waals surface area contributed by atoms with Crippen LogP contribution in [0, 0.1) is 0 Å². The van der Waals surface area contributed by atoms with Gasteiger partial charge in [0.25, 0.3) is 7.52 Å². The molecule has 0 aliphatic carbocycles. The average Bonchev–Trinajstić information content (AvgIpc) is 3.36. The molecule has 0 unspecified atom stereocenters. The fourth-order valence-corrected chi connectivity index (χ4v) is 4.86. The third-order valence-electron chi connectivity index (χ3n) is 5.06. The highest BCUT2D eigenvalue weighted by molar-refractivity contribution is 7.56. The molecule has 0 bridgehead atoms. The normalized spacial score (nSPS) is 13.1. The fraction of sp³-hybridized carbons (Fsp3) is 0.360. The monoisotopic (exact) mass is 608 g/mol. The molecule has 17 heteroatoms. The Morgan fingerprint density at radius 1 is 1.14 bits per heavy atom. The molecule has 5 N–H and O–H groups in total. The van der Waals surface area contributed by atoms with Crippen LogP contribution in [0.5, 0.6) is 5.88 Å². The number of hydrogen-bond donors (Lipinski definition) is 4. The van der Waals surface area contributed by atoms with Crippen molar-refractivity contribution in [2.75, 3.05) is 32.4 Å². The van der Waals surface area contributed by atoms with Gasteiger partial charge in [-0.25, -0.2) is 19.7 Å². The summed E-state index contributed by atoms with van der Waals surface area (Å²) < 4.78 is 36.8. The number of nitrogens with zero attached hydrogens (tertiary/aromatic N) is 4. The van der Waals surface area contributed by atoms with E-state index in [4.69, 9.17) is 34.7 Å². The molecule has 0 radical (unpaired) electrons. The Bertz CT molecular complexity index is 1400. The van der Waals surface area contributed by atoms with E-state index in [1.165, 1.54) is 7.11 Å². The van der Waals surface area contributed by atoms with Crippen molar-refractivity contribution in [2.45, 2.75) is 33.0 Å². The number of nitrogens with two attached hydrogens (primary N) is 1. The van der Waals surface area contributed by atoms with E-state index >= 15 is 0 Å². The van der Waals surface area contributed by atoms with Crippen LogP contribution in [0.2, 0.25) is 0 Å². The SMILES string of the molecule is CCOC(=O)[C@@H](C)N[P@](=O)(COCCn1cnc2c(OC)nc(N)nc21)OCc1ccccc1.O=C(O)/C=C/C(=O)O. The lowest BCUT2D eigenvalue weighted by Gasteiger charge is -2.23. The maximum Gasteiger partial charge on any atom is 0.328 e. The topological polar surface area (TPSA) is 227 Å². The van der Waals surface area contributed by atoms with Gasteiger partial charge in [0, 0.05) is 18.7 Å². The molecule has 2 aromatic heterocycles. The number of carbonyl (C=O) groups excluding carboxylic acids is 1. The van der Waals surface area contributed by atoms with Gasteiger partial charge in [0.1, 0.15) is 12.4 Å². The van der Waals surface area contributed by atoms with Crippen molar-refractivity contribution in [3.8, 4) is 5.88 Å². The van der Waals surface area contributed by atoms with Crippen LogP contribution in [-0.2, 0) is 46.1 Å². The van der Waals surface area contributed by atoms with Crippen molar-refractivity contribution < 1.29 is 47.9 Å². The fourth-order valence-electron chi connectivity index (χ4n) is 3.21. The second-order valence-electron chi connectivity index (χ2n) is 8.28. The first-order valence-corrected chi connectivity index (χ1v) is 14.2. The minimum absolute atomic E-state index is 0.0583. The summed E-state index contributed by atoms with van der Waals surface area (Å²) >= 11 is 0. The lowest BCUT2D eigenvalue weighted by atomic mass is 10.2. The van der Waals surface area contributed by atoms with Crippen LogP contribution in [0.3, 0.4) is 0 Å². The number of esters is 1. The molecule has 2 heterocycles. The number of benzene rings is 1. The number of aromatic nitrogens is 4. The molecule has 2 atom stereocenters. The minimum Gasteiger partial charge on any atom is -0.479 e. The first-order valence-electron chi connectivity index (χ1n) is 12.4. The van der Waals surface area contributed by atoms with Gasteiger partial charge >= 0.3 is 17.9 Å². The maximum absolute atomic E-state index is 13.5. The Morgan fingerprint density at radius 2 is 1.81 bits per heavy atom. The Hall–Kier alpha value is -4.37. The highest BCUT2D eigenvalue weighted by Gasteiger charge is 2.29. The predicted octanol–water partition coefficient (Wildman–Crippen LogP) is 2.05. The molecule has 0 amide bonds. The van der Waals surface area contributed by atoms with E-state index < -0.39 is 31.5 Å². The summed E-state index contributed by atoms with van der Waals surface area (Å²) in [4.78, 5) is 43.6. The smallest absolute Gasteiger partial charge is 0.328 e. The second-order valence-corrected chi connectivity index (χ2v) is 10.4. The summed E-state index contributed by atoms with van der Waals surface area (Å²) in [7, 11) is -2.08. The third kappa shape index (κ3) is 11.2. The highest BCUT2D eigenvalue weighted by atomic mass is 31.2. The summed E-state index contributed by atoms with van der Waals surface area (Å²) in [6.07, 6.45) is 2.43. The summed E-state index contributed by atoms with van der Waals surface area (Å²) in [5.41, 5.74) is 7.54. The first-order chi connectivity index (χ1) is 20.0. The molecule has 42 heavy (non-hydrogen) atoms. The number of carboxylic acids is 2. The van der Waals surface area contributed by atoms with Gasteiger partial charge in [-0.2, -0.15) is 9.97 Å². The van der Waals surface area contributed by atoms with E-state index in [0.29, 0.717) is 29.9 Å². The van der Waals surface area contributed by atoms with Gasteiger partial charge in [-0.15, -0.1) is 0 Å². The number of rotatable bonds is 15. The largest absolute Gasteiger partial charge is 0.479 e. The summed E-state index contributed by atoms with van der Waals surface area (Å²) in [6, 6.07) is 8.46. The predicted molar refractivity (Wildman–Crippen MR) is 150 cm³/mol. The number of carboxylic acid groups (broad SMARTS) is 2. The highest BCUT2D eigenvalue weighted by Crippen LogP contribution is 2.44. The Morgan fingerprint density at radius 3 is 2.40 bits per heavy atom. The van der Waals surface area contributed by atoms with E-state index in [-0.39, 0.29) is 38.0 Å². The maximum atomic E-state index is 13.5. The van der Waals surface area contributed by atoms with E-state index in [0.717, 1.165) is 5.56 Å². The zero-order valence-corrected chi connectivity index (χ0v) is 24.1. The molecule has 0 aliphatic heterocycles. The van der Waals surface area contributed by atoms with Gasteiger partial charge in [0.2, 0.25) is 11.8 Å². The van der Waals surface area contributed by atoms with Gasteiger partial charge in [0.15, 0.2) is 11.2 Å². The summed E-state index contributed by atoms with van der Waals surface area (Å²) in [6.45, 7) is 4.09. The van der Waals surface area contributed by atoms with E-state index in [1.807, 2.05) is 30.3 Å². The molecule has 0 spiro atoms. The number of aliphatic carboxylic acids is 2. The van der Waals surface area contributed by atoms with Crippen LogP contribution in [0.1, 0.15) is 19.4 Å². The molecular formula is C25H33N6O10P. The second kappa shape index (κ2) is 16.8. The number of carbonyl (C=O) groups is 3. The van der Waals surface area contributed by atoms with Crippen LogP contribution < -0.4 is 15.6 Å². The standard InChI is InChI=1S/C21H29N6O6P.C4H4O4/c1-4-32-20(28)15(2)26-34(29,33-12-16-8-6-5-7-9-16)14-31-11-10-27-13-23-17-18(27)24-21(22)25-19(17)30-3;5-3(6)1-2-4(7)8/h5-9,13,15H,4,10-12,14H2,1-3H3,(H,26,29)(H2,22,24,25);1-2H,(H,5,6)(H,7,8)/b;2-1+/t15-,34+;/m1./s1. The van der Waals surface area contributed by atoms with Gasteiger partial charge in [0.05, 0.1) is 33.3 Å². The number of nitrogens with one attached hydrogen (secondary N) is 1. The van der Waals surface area contributed by atoms with Gasteiger partial charge in [-0.3, -0.25) is 9.36 Å². The van der Waals surface area contributed by atoms with Crippen molar-refractivity contribution in [3.05, 3.63) is 54.4 Å². The van der Waals surface area contributed by atoms with Crippen molar-refractivity contribution in [1.29, 1.82) is 0 Å². The van der Waals surface area contributed by atoms with Crippen LogP contribution in [0.4, 0.5) is 5.95 Å². The average molecular weight is 609 g/mol. The molecule has 3 rings (SSSR count). The van der Waals surface area contributed by atoms with Crippen LogP contribution in [0.15, 0.2) is 48.8 Å². The van der Waals surface area contributed by atoms with Crippen molar-refractivity contribution >= 4 is 42.5 Å². The third-order valence-corrected chi connectivity index (χ3v) is 6.91. The Kier molecular flexibility index (Phi) is 13.5. The van der Waals surface area contributed by atoms with Crippen molar-refractivity contribution in [1.82, 2.24) is 24.6 Å². The Labute approximate surface area is 241 Å². The number of ether oxygens (including phenoxy) is 3. The number of anilines is 1. The lowest BCUT2D eigenvalue weighted by molar-refractivity contribution is -0.144. The molecule has 1 aromatic carbocycles.